The molecule has 0 fully saturated rings. The maximum absolute atomic E-state index is 12.4. The lowest BCUT2D eigenvalue weighted by molar-refractivity contribution is -0.105. The van der Waals surface area contributed by atoms with Crippen LogP contribution in [0.25, 0.3) is 5.57 Å². The van der Waals surface area contributed by atoms with Crippen LogP contribution in [0.15, 0.2) is 29.2 Å². The zero-order valence-corrected chi connectivity index (χ0v) is 12.0. The van der Waals surface area contributed by atoms with Crippen molar-refractivity contribution in [2.75, 3.05) is 12.4 Å². The summed E-state index contributed by atoms with van der Waals surface area (Å²) >= 11 is 0. The fourth-order valence-electron chi connectivity index (χ4n) is 1.85. The zero-order chi connectivity index (χ0) is 16.3. The molecular weight excluding hydrogens is 288 g/mol. The van der Waals surface area contributed by atoms with Crippen LogP contribution < -0.4 is 10.1 Å². The van der Waals surface area contributed by atoms with Crippen molar-refractivity contribution in [3.05, 3.63) is 41.8 Å². The normalized spacial score (nSPS) is 10.1. The molecule has 0 saturated carbocycles. The Labute approximate surface area is 126 Å². The minimum absolute atomic E-state index is 0.0126. The molecule has 7 nitrogen and oxygen atoms in total. The lowest BCUT2D eigenvalue weighted by Gasteiger charge is -2.07. The van der Waals surface area contributed by atoms with E-state index in [-0.39, 0.29) is 28.8 Å². The number of aryl methyl sites for hydroxylation is 1. The maximum Gasteiger partial charge on any atom is 0.302 e. The second kappa shape index (κ2) is 6.13. The molecule has 1 amide bonds. The van der Waals surface area contributed by atoms with Crippen LogP contribution in [0.2, 0.25) is 0 Å². The van der Waals surface area contributed by atoms with Gasteiger partial charge < -0.3 is 14.3 Å². The van der Waals surface area contributed by atoms with Crippen molar-refractivity contribution < 1.29 is 23.8 Å². The standard InChI is InChI=1S/C15H14N2O5/c1-8(10-4-5-11(19)12(6-10)21-3)13(20)14-9(2)17-15(22-14)16-7-18/h4-7,19H,1H2,2-3H3,(H,16,17,18). The van der Waals surface area contributed by atoms with Crippen molar-refractivity contribution in [2.24, 2.45) is 0 Å². The zero-order valence-electron chi connectivity index (χ0n) is 12.0. The van der Waals surface area contributed by atoms with E-state index in [0.717, 1.165) is 0 Å². The molecule has 0 saturated heterocycles. The predicted molar refractivity (Wildman–Crippen MR) is 79.0 cm³/mol. The van der Waals surface area contributed by atoms with E-state index in [2.05, 4.69) is 16.9 Å². The molecule has 2 rings (SSSR count). The molecule has 22 heavy (non-hydrogen) atoms. The Bertz CT molecular complexity index is 748. The molecule has 0 bridgehead atoms. The number of amides is 1. The van der Waals surface area contributed by atoms with Crippen LogP contribution in [0, 0.1) is 6.92 Å². The number of oxazole rings is 1. The highest BCUT2D eigenvalue weighted by Gasteiger charge is 2.21. The first-order chi connectivity index (χ1) is 10.5. The molecule has 0 spiro atoms. The van der Waals surface area contributed by atoms with Crippen LogP contribution in [0.5, 0.6) is 11.5 Å². The molecule has 0 radical (unpaired) electrons. The summed E-state index contributed by atoms with van der Waals surface area (Å²) in [6.45, 7) is 5.32. The van der Waals surface area contributed by atoms with E-state index in [0.29, 0.717) is 17.7 Å². The topological polar surface area (TPSA) is 102 Å². The molecule has 7 heteroatoms. The summed E-state index contributed by atoms with van der Waals surface area (Å²) in [5, 5.41) is 11.8. The van der Waals surface area contributed by atoms with Crippen molar-refractivity contribution >= 4 is 23.8 Å². The van der Waals surface area contributed by atoms with E-state index in [9.17, 15) is 14.7 Å². The van der Waals surface area contributed by atoms with Gasteiger partial charge in [-0.05, 0) is 24.6 Å². The Morgan fingerprint density at radius 3 is 2.86 bits per heavy atom. The molecule has 1 aromatic carbocycles. The number of aromatic nitrogens is 1. The average molecular weight is 302 g/mol. The predicted octanol–water partition coefficient (Wildman–Crippen LogP) is 2.16. The van der Waals surface area contributed by atoms with Crippen LogP contribution >= 0.6 is 0 Å². The number of nitrogens with one attached hydrogen (secondary N) is 1. The van der Waals surface area contributed by atoms with Gasteiger partial charge in [0.25, 0.3) is 0 Å². The van der Waals surface area contributed by atoms with Gasteiger partial charge in [-0.3, -0.25) is 14.9 Å². The van der Waals surface area contributed by atoms with Crippen LogP contribution in [-0.2, 0) is 4.79 Å². The molecule has 0 aliphatic carbocycles. The van der Waals surface area contributed by atoms with E-state index in [1.54, 1.807) is 6.92 Å². The largest absolute Gasteiger partial charge is 0.504 e. The quantitative estimate of drug-likeness (QED) is 0.481. The van der Waals surface area contributed by atoms with Crippen LogP contribution in [0.1, 0.15) is 21.8 Å². The summed E-state index contributed by atoms with van der Waals surface area (Å²) in [5.74, 6) is -0.304. The smallest absolute Gasteiger partial charge is 0.302 e. The molecule has 1 aromatic heterocycles. The Morgan fingerprint density at radius 1 is 1.50 bits per heavy atom. The van der Waals surface area contributed by atoms with Gasteiger partial charge in [0.2, 0.25) is 12.2 Å². The molecule has 0 aliphatic rings. The van der Waals surface area contributed by atoms with Crippen LogP contribution in [-0.4, -0.2) is 29.4 Å². The van der Waals surface area contributed by atoms with Crippen LogP contribution in [0.3, 0.4) is 0 Å². The summed E-state index contributed by atoms with van der Waals surface area (Å²) in [6.07, 6.45) is 0.402. The lowest BCUT2D eigenvalue weighted by atomic mass is 10.0. The summed E-state index contributed by atoms with van der Waals surface area (Å²) in [6, 6.07) is 4.37. The SMILES string of the molecule is C=C(C(=O)c1oc(NC=O)nc1C)c1ccc(O)c(OC)c1. The number of anilines is 1. The summed E-state index contributed by atoms with van der Waals surface area (Å²) in [4.78, 5) is 26.7. The molecule has 0 aliphatic heterocycles. The van der Waals surface area contributed by atoms with Crippen molar-refractivity contribution in [2.45, 2.75) is 6.92 Å². The lowest BCUT2D eigenvalue weighted by Crippen LogP contribution is -2.02. The first-order valence-corrected chi connectivity index (χ1v) is 6.26. The van der Waals surface area contributed by atoms with Gasteiger partial charge in [-0.1, -0.05) is 12.6 Å². The van der Waals surface area contributed by atoms with Crippen molar-refractivity contribution in [3.8, 4) is 11.5 Å². The number of allylic oxidation sites excluding steroid dienone is 1. The number of rotatable bonds is 6. The summed E-state index contributed by atoms with van der Waals surface area (Å²) in [5.41, 5.74) is 0.955. The number of methoxy groups -OCH3 is 1. The number of hydrogen-bond donors (Lipinski definition) is 2. The number of ether oxygens (including phenoxy) is 1. The minimum Gasteiger partial charge on any atom is -0.504 e. The molecular formula is C15H14N2O5. The molecule has 0 atom stereocenters. The van der Waals surface area contributed by atoms with E-state index >= 15 is 0 Å². The van der Waals surface area contributed by atoms with E-state index in [4.69, 9.17) is 9.15 Å². The molecule has 1 heterocycles. The van der Waals surface area contributed by atoms with E-state index in [1.165, 1.54) is 25.3 Å². The highest BCUT2D eigenvalue weighted by molar-refractivity contribution is 6.27. The molecule has 114 valence electrons. The van der Waals surface area contributed by atoms with Gasteiger partial charge >= 0.3 is 6.01 Å². The fourth-order valence-corrected chi connectivity index (χ4v) is 1.85. The number of Topliss-reactive ketones (excluding diaryl/α,β-unsaturated/α-hetero) is 1. The van der Waals surface area contributed by atoms with Gasteiger partial charge in [0.1, 0.15) is 0 Å². The third-order valence-electron chi connectivity index (χ3n) is 2.99. The Morgan fingerprint density at radius 2 is 2.23 bits per heavy atom. The second-order valence-electron chi connectivity index (χ2n) is 4.39. The Balaban J connectivity index is 2.33. The van der Waals surface area contributed by atoms with Gasteiger partial charge in [-0.15, -0.1) is 0 Å². The third-order valence-corrected chi connectivity index (χ3v) is 2.99. The van der Waals surface area contributed by atoms with E-state index in [1.807, 2.05) is 0 Å². The highest BCUT2D eigenvalue weighted by atomic mass is 16.5. The van der Waals surface area contributed by atoms with Crippen molar-refractivity contribution in [1.82, 2.24) is 4.98 Å². The summed E-state index contributed by atoms with van der Waals surface area (Å²) < 4.78 is 10.2. The number of phenols is 1. The third kappa shape index (κ3) is 2.83. The average Bonchev–Trinajstić information content (AvgIpc) is 2.87. The first kappa shape index (κ1) is 15.3. The van der Waals surface area contributed by atoms with Crippen molar-refractivity contribution in [1.29, 1.82) is 0 Å². The minimum atomic E-state index is -0.475. The van der Waals surface area contributed by atoms with Gasteiger partial charge in [-0.25, -0.2) is 0 Å². The van der Waals surface area contributed by atoms with E-state index < -0.39 is 5.78 Å². The molecule has 2 N–H and O–H groups in total. The van der Waals surface area contributed by atoms with Gasteiger partial charge in [0, 0.05) is 5.57 Å². The highest BCUT2D eigenvalue weighted by Crippen LogP contribution is 2.30. The monoisotopic (exact) mass is 302 g/mol. The van der Waals surface area contributed by atoms with Gasteiger partial charge in [0.15, 0.2) is 17.3 Å². The number of benzene rings is 1. The van der Waals surface area contributed by atoms with Crippen molar-refractivity contribution in [3.63, 3.8) is 0 Å². The number of nitrogens with zero attached hydrogens (tertiary/aromatic N) is 1. The first-order valence-electron chi connectivity index (χ1n) is 6.26. The number of aromatic hydroxyl groups is 1. The Kier molecular flexibility index (Phi) is 4.26. The number of carbonyl (C=O) groups excluding carboxylic acids is 2. The maximum atomic E-state index is 12.4. The van der Waals surface area contributed by atoms with Gasteiger partial charge in [-0.2, -0.15) is 4.98 Å². The van der Waals surface area contributed by atoms with Gasteiger partial charge in [0.05, 0.1) is 12.8 Å². The number of phenolic OH excluding ortho intramolecular Hbond substituents is 1. The second-order valence-corrected chi connectivity index (χ2v) is 4.39. The summed E-state index contributed by atoms with van der Waals surface area (Å²) in [7, 11) is 1.40. The fraction of sp³-hybridized carbons (Fsp3) is 0.133. The molecule has 0 unspecified atom stereocenters. The number of hydrogen-bond acceptors (Lipinski definition) is 6. The molecule has 2 aromatic rings. The Hall–Kier alpha value is -3.09. The number of ketones is 1. The number of carbonyl (C=O) groups is 2. The van der Waals surface area contributed by atoms with Crippen LogP contribution in [0.4, 0.5) is 6.01 Å².